The first-order chi connectivity index (χ1) is 23.1. The SMILES string of the molecule is O=C(NC1CCCCC1)[C@H](Cc1ccccc1)N(Cc1ccc(Cl)cc1)C(=O)CN(c1ccc([N+](=O)[O-])cc1)S(=O)(=O)c1ccccc1. The Morgan fingerprint density at radius 3 is 2.04 bits per heavy atom. The van der Waals surface area contributed by atoms with Gasteiger partial charge in [-0.25, -0.2) is 8.42 Å². The molecule has 1 fully saturated rings. The molecule has 1 atom stereocenters. The molecule has 1 saturated carbocycles. The number of hydrogen-bond acceptors (Lipinski definition) is 6. The number of hydrogen-bond donors (Lipinski definition) is 1. The Labute approximate surface area is 285 Å². The lowest BCUT2D eigenvalue weighted by Crippen LogP contribution is -2.55. The van der Waals surface area contributed by atoms with Gasteiger partial charge in [-0.15, -0.1) is 0 Å². The summed E-state index contributed by atoms with van der Waals surface area (Å²) in [6.07, 6.45) is 5.00. The largest absolute Gasteiger partial charge is 0.352 e. The second kappa shape index (κ2) is 15.9. The van der Waals surface area contributed by atoms with Gasteiger partial charge in [0, 0.05) is 36.2 Å². The fourth-order valence-electron chi connectivity index (χ4n) is 5.87. The van der Waals surface area contributed by atoms with E-state index in [1.165, 1.54) is 41.3 Å². The fraction of sp³-hybridized carbons (Fsp3) is 0.278. The van der Waals surface area contributed by atoms with Crippen molar-refractivity contribution in [2.45, 2.75) is 62.0 Å². The van der Waals surface area contributed by atoms with Crippen molar-refractivity contribution >= 4 is 44.8 Å². The van der Waals surface area contributed by atoms with Crippen LogP contribution in [0.25, 0.3) is 0 Å². The summed E-state index contributed by atoms with van der Waals surface area (Å²) in [6.45, 7) is -0.657. The van der Waals surface area contributed by atoms with Crippen molar-refractivity contribution in [3.8, 4) is 0 Å². The lowest BCUT2D eigenvalue weighted by molar-refractivity contribution is -0.384. The van der Waals surface area contributed by atoms with Crippen LogP contribution in [0.15, 0.2) is 114 Å². The molecule has 0 radical (unpaired) electrons. The van der Waals surface area contributed by atoms with Gasteiger partial charge in [-0.1, -0.05) is 91.5 Å². The Morgan fingerprint density at radius 1 is 0.833 bits per heavy atom. The molecule has 1 aliphatic rings. The highest BCUT2D eigenvalue weighted by molar-refractivity contribution is 7.92. The maximum absolute atomic E-state index is 14.6. The van der Waals surface area contributed by atoms with Crippen molar-refractivity contribution in [2.24, 2.45) is 0 Å². The van der Waals surface area contributed by atoms with Gasteiger partial charge in [0.1, 0.15) is 12.6 Å². The number of carbonyl (C=O) groups excluding carboxylic acids is 2. The summed E-state index contributed by atoms with van der Waals surface area (Å²) >= 11 is 6.16. The van der Waals surface area contributed by atoms with Gasteiger partial charge in [0.05, 0.1) is 15.5 Å². The normalized spacial score (nSPS) is 14.1. The molecule has 250 valence electrons. The highest BCUT2D eigenvalue weighted by Gasteiger charge is 2.35. The van der Waals surface area contributed by atoms with Crippen LogP contribution in [0.2, 0.25) is 5.02 Å². The third kappa shape index (κ3) is 8.78. The summed E-state index contributed by atoms with van der Waals surface area (Å²) in [5.74, 6) is -0.941. The first kappa shape index (κ1) is 34.6. The number of carbonyl (C=O) groups is 2. The third-order valence-electron chi connectivity index (χ3n) is 8.45. The van der Waals surface area contributed by atoms with Crippen molar-refractivity contribution in [3.63, 3.8) is 0 Å². The summed E-state index contributed by atoms with van der Waals surface area (Å²) in [4.78, 5) is 40.9. The number of rotatable bonds is 13. The minimum Gasteiger partial charge on any atom is -0.352 e. The van der Waals surface area contributed by atoms with Gasteiger partial charge >= 0.3 is 0 Å². The van der Waals surface area contributed by atoms with Crippen LogP contribution in [0, 0.1) is 10.1 Å². The zero-order valence-electron chi connectivity index (χ0n) is 26.3. The van der Waals surface area contributed by atoms with Gasteiger partial charge in [0.2, 0.25) is 11.8 Å². The Balaban J connectivity index is 1.56. The number of nitrogens with zero attached hydrogens (tertiary/aromatic N) is 3. The molecular formula is C36H37ClN4O6S. The molecule has 4 aromatic carbocycles. The predicted molar refractivity (Wildman–Crippen MR) is 185 cm³/mol. The molecule has 0 heterocycles. The van der Waals surface area contributed by atoms with Crippen molar-refractivity contribution in [1.82, 2.24) is 10.2 Å². The molecular weight excluding hydrogens is 652 g/mol. The van der Waals surface area contributed by atoms with Crippen LogP contribution < -0.4 is 9.62 Å². The van der Waals surface area contributed by atoms with Gasteiger partial charge in [-0.05, 0) is 60.4 Å². The number of benzene rings is 4. The van der Waals surface area contributed by atoms with Crippen molar-refractivity contribution in [2.75, 3.05) is 10.8 Å². The van der Waals surface area contributed by atoms with Crippen LogP contribution in [-0.2, 0) is 32.6 Å². The number of nitro groups is 1. The number of sulfonamides is 1. The highest BCUT2D eigenvalue weighted by Crippen LogP contribution is 2.27. The van der Waals surface area contributed by atoms with Gasteiger partial charge in [0.25, 0.3) is 15.7 Å². The number of nitrogens with one attached hydrogen (secondary N) is 1. The lowest BCUT2D eigenvalue weighted by atomic mass is 9.94. The summed E-state index contributed by atoms with van der Waals surface area (Å²) in [6, 6.07) is 27.9. The maximum atomic E-state index is 14.6. The van der Waals surface area contributed by atoms with Crippen LogP contribution in [-0.4, -0.2) is 48.7 Å². The first-order valence-electron chi connectivity index (χ1n) is 15.8. The summed E-state index contributed by atoms with van der Waals surface area (Å²) in [5, 5.41) is 15.0. The van der Waals surface area contributed by atoms with E-state index in [1.54, 1.807) is 42.5 Å². The number of amides is 2. The van der Waals surface area contributed by atoms with Crippen LogP contribution in [0.4, 0.5) is 11.4 Å². The lowest BCUT2D eigenvalue weighted by Gasteiger charge is -2.35. The Hall–Kier alpha value is -4.74. The second-order valence-electron chi connectivity index (χ2n) is 11.8. The highest BCUT2D eigenvalue weighted by atomic mass is 35.5. The molecule has 10 nitrogen and oxygen atoms in total. The number of non-ortho nitro benzene ring substituents is 1. The third-order valence-corrected chi connectivity index (χ3v) is 10.5. The van der Waals surface area contributed by atoms with Crippen molar-refractivity contribution in [3.05, 3.63) is 135 Å². The van der Waals surface area contributed by atoms with Gasteiger partial charge in [-0.2, -0.15) is 0 Å². The van der Waals surface area contributed by atoms with Crippen molar-refractivity contribution < 1.29 is 22.9 Å². The van der Waals surface area contributed by atoms with E-state index in [2.05, 4.69) is 5.32 Å². The number of halogens is 1. The average molecular weight is 689 g/mol. The number of nitro benzene ring substituents is 1. The van der Waals surface area contributed by atoms with E-state index in [-0.39, 0.29) is 41.2 Å². The van der Waals surface area contributed by atoms with Crippen LogP contribution >= 0.6 is 11.6 Å². The Morgan fingerprint density at radius 2 is 1.44 bits per heavy atom. The monoisotopic (exact) mass is 688 g/mol. The molecule has 0 bridgehead atoms. The first-order valence-corrected chi connectivity index (χ1v) is 17.6. The molecule has 48 heavy (non-hydrogen) atoms. The van der Waals surface area contributed by atoms with Gasteiger partial charge < -0.3 is 10.2 Å². The minimum absolute atomic E-state index is 0.00503. The molecule has 0 aliphatic heterocycles. The van der Waals surface area contributed by atoms with E-state index in [0.717, 1.165) is 42.0 Å². The van der Waals surface area contributed by atoms with E-state index in [1.807, 2.05) is 30.3 Å². The summed E-state index contributed by atoms with van der Waals surface area (Å²) in [5.41, 5.74) is 1.37. The number of anilines is 1. The van der Waals surface area contributed by atoms with Gasteiger partial charge in [-0.3, -0.25) is 24.0 Å². The molecule has 0 spiro atoms. The average Bonchev–Trinajstić information content (AvgIpc) is 3.10. The molecule has 5 rings (SSSR count). The quantitative estimate of drug-likeness (QED) is 0.126. The predicted octanol–water partition coefficient (Wildman–Crippen LogP) is 6.53. The van der Waals surface area contributed by atoms with E-state index >= 15 is 0 Å². The molecule has 1 aliphatic carbocycles. The summed E-state index contributed by atoms with van der Waals surface area (Å²) < 4.78 is 29.1. The summed E-state index contributed by atoms with van der Waals surface area (Å²) in [7, 11) is -4.32. The van der Waals surface area contributed by atoms with Crippen LogP contribution in [0.5, 0.6) is 0 Å². The molecule has 0 aromatic heterocycles. The Bertz CT molecular complexity index is 1800. The topological polar surface area (TPSA) is 130 Å². The standard InChI is InChI=1S/C36H37ClN4O6S/c37-29-18-16-28(17-19-29)25-39(34(24-27-10-4-1-5-11-27)36(43)38-30-12-6-2-7-13-30)35(42)26-40(31-20-22-32(23-21-31)41(44)45)48(46,47)33-14-8-3-9-15-33/h1,3-5,8-11,14-23,30,34H,2,6-7,12-13,24-26H2,(H,38,43)/t34-/m0/s1. The van der Waals surface area contributed by atoms with Crippen LogP contribution in [0.1, 0.15) is 43.2 Å². The molecule has 2 amide bonds. The molecule has 0 saturated heterocycles. The maximum Gasteiger partial charge on any atom is 0.269 e. The smallest absolute Gasteiger partial charge is 0.269 e. The zero-order chi connectivity index (χ0) is 34.1. The van der Waals surface area contributed by atoms with E-state index in [0.29, 0.717) is 10.6 Å². The molecule has 12 heteroatoms. The van der Waals surface area contributed by atoms with E-state index in [9.17, 15) is 28.1 Å². The second-order valence-corrected chi connectivity index (χ2v) is 14.1. The minimum atomic E-state index is -4.32. The van der Waals surface area contributed by atoms with Crippen LogP contribution in [0.3, 0.4) is 0 Å². The van der Waals surface area contributed by atoms with E-state index in [4.69, 9.17) is 11.6 Å². The molecule has 1 N–H and O–H groups in total. The Kier molecular flexibility index (Phi) is 11.5. The zero-order valence-corrected chi connectivity index (χ0v) is 27.9. The van der Waals surface area contributed by atoms with Gasteiger partial charge in [0.15, 0.2) is 0 Å². The molecule has 0 unspecified atom stereocenters. The fourth-order valence-corrected chi connectivity index (χ4v) is 7.44. The van der Waals surface area contributed by atoms with Crippen molar-refractivity contribution in [1.29, 1.82) is 0 Å². The van der Waals surface area contributed by atoms with E-state index < -0.39 is 33.4 Å². The molecule has 4 aromatic rings.